The van der Waals surface area contributed by atoms with Crippen LogP contribution in [0.5, 0.6) is 0 Å². The summed E-state index contributed by atoms with van der Waals surface area (Å²) < 4.78 is 0. The van der Waals surface area contributed by atoms with Crippen LogP contribution in [0.2, 0.25) is 0 Å². The van der Waals surface area contributed by atoms with Crippen LogP contribution in [0.3, 0.4) is 0 Å². The lowest BCUT2D eigenvalue weighted by Crippen LogP contribution is -2.27. The molecule has 0 unspecified atom stereocenters. The number of amides is 1. The van der Waals surface area contributed by atoms with E-state index in [9.17, 15) is 14.4 Å². The molecule has 0 fully saturated rings. The highest BCUT2D eigenvalue weighted by Crippen LogP contribution is 2.14. The summed E-state index contributed by atoms with van der Waals surface area (Å²) in [7, 11) is 0. The molecule has 0 spiro atoms. The van der Waals surface area contributed by atoms with Crippen molar-refractivity contribution in [3.63, 3.8) is 0 Å². The Morgan fingerprint density at radius 3 is 2.78 bits per heavy atom. The standard InChI is InChI=1S/C21H22N2O3S/c1-14-7-8-17-16(12-14)13-15(21(26)23-17)9-10-22-20(25)6-2-4-18(24)19-5-3-11-27-19/h3,5,7-8,11-13H,2,4,6,9-10H2,1H3,(H,22,25)(H,23,26). The van der Waals surface area contributed by atoms with Gasteiger partial charge in [-0.2, -0.15) is 0 Å². The molecule has 2 heterocycles. The van der Waals surface area contributed by atoms with Gasteiger partial charge in [-0.05, 0) is 54.8 Å². The summed E-state index contributed by atoms with van der Waals surface area (Å²) in [6.07, 6.45) is 1.68. The number of pyridine rings is 1. The van der Waals surface area contributed by atoms with Crippen molar-refractivity contribution >= 4 is 33.9 Å². The highest BCUT2D eigenvalue weighted by molar-refractivity contribution is 7.12. The van der Waals surface area contributed by atoms with E-state index in [1.165, 1.54) is 11.3 Å². The van der Waals surface area contributed by atoms with Gasteiger partial charge in [0.25, 0.3) is 5.56 Å². The van der Waals surface area contributed by atoms with E-state index in [0.29, 0.717) is 37.8 Å². The van der Waals surface area contributed by atoms with Gasteiger partial charge in [0, 0.05) is 30.5 Å². The van der Waals surface area contributed by atoms with E-state index in [2.05, 4.69) is 10.3 Å². The largest absolute Gasteiger partial charge is 0.356 e. The van der Waals surface area contributed by atoms with Crippen molar-refractivity contribution < 1.29 is 9.59 Å². The molecule has 0 aliphatic rings. The molecule has 0 saturated heterocycles. The van der Waals surface area contributed by atoms with Gasteiger partial charge in [0.15, 0.2) is 5.78 Å². The van der Waals surface area contributed by atoms with Gasteiger partial charge in [0.2, 0.25) is 5.91 Å². The molecule has 5 nitrogen and oxygen atoms in total. The molecule has 2 aromatic heterocycles. The van der Waals surface area contributed by atoms with Crippen molar-refractivity contribution in [2.24, 2.45) is 0 Å². The first-order chi connectivity index (χ1) is 13.0. The van der Waals surface area contributed by atoms with Crippen LogP contribution >= 0.6 is 11.3 Å². The summed E-state index contributed by atoms with van der Waals surface area (Å²) in [5.41, 5.74) is 2.48. The number of aryl methyl sites for hydroxylation is 1. The number of benzene rings is 1. The third kappa shape index (κ3) is 5.14. The van der Waals surface area contributed by atoms with Crippen LogP contribution < -0.4 is 10.9 Å². The molecule has 1 amide bonds. The Morgan fingerprint density at radius 1 is 1.15 bits per heavy atom. The predicted molar refractivity (Wildman–Crippen MR) is 109 cm³/mol. The fourth-order valence-electron chi connectivity index (χ4n) is 2.95. The van der Waals surface area contributed by atoms with Crippen LogP contribution in [0.15, 0.2) is 46.6 Å². The van der Waals surface area contributed by atoms with Gasteiger partial charge in [-0.15, -0.1) is 11.3 Å². The quantitative estimate of drug-likeness (QED) is 0.584. The number of carbonyl (C=O) groups is 2. The molecule has 0 atom stereocenters. The summed E-state index contributed by atoms with van der Waals surface area (Å²) >= 11 is 1.42. The second-order valence-electron chi connectivity index (χ2n) is 6.57. The zero-order chi connectivity index (χ0) is 19.2. The topological polar surface area (TPSA) is 79.0 Å². The van der Waals surface area contributed by atoms with E-state index in [-0.39, 0.29) is 17.2 Å². The van der Waals surface area contributed by atoms with Gasteiger partial charge in [0.05, 0.1) is 4.88 Å². The van der Waals surface area contributed by atoms with E-state index in [0.717, 1.165) is 21.3 Å². The summed E-state index contributed by atoms with van der Waals surface area (Å²) in [6, 6.07) is 11.4. The van der Waals surface area contributed by atoms with Crippen LogP contribution in [0.1, 0.15) is 40.1 Å². The Bertz CT molecular complexity index is 1010. The third-order valence-electron chi connectivity index (χ3n) is 4.40. The molecular weight excluding hydrogens is 360 g/mol. The van der Waals surface area contributed by atoms with Crippen LogP contribution in [-0.4, -0.2) is 23.2 Å². The summed E-state index contributed by atoms with van der Waals surface area (Å²) in [4.78, 5) is 39.6. The van der Waals surface area contributed by atoms with E-state index in [1.54, 1.807) is 6.07 Å². The van der Waals surface area contributed by atoms with Crippen LogP contribution in [0.4, 0.5) is 0 Å². The molecule has 1 aromatic carbocycles. The first-order valence-electron chi connectivity index (χ1n) is 8.99. The van der Waals surface area contributed by atoms with Gasteiger partial charge >= 0.3 is 0 Å². The molecule has 0 radical (unpaired) electrons. The molecule has 0 aliphatic carbocycles. The number of rotatable bonds is 8. The number of aromatic amines is 1. The Morgan fingerprint density at radius 2 is 2.00 bits per heavy atom. The molecule has 3 rings (SSSR count). The Hall–Kier alpha value is -2.73. The lowest BCUT2D eigenvalue weighted by atomic mass is 10.1. The number of fused-ring (bicyclic) bond motifs is 1. The number of hydrogen-bond acceptors (Lipinski definition) is 4. The molecule has 27 heavy (non-hydrogen) atoms. The van der Waals surface area contributed by atoms with Crippen LogP contribution in [0.25, 0.3) is 10.9 Å². The first-order valence-corrected chi connectivity index (χ1v) is 9.87. The number of Topliss-reactive ketones (excluding diaryl/α,β-unsaturated/α-hetero) is 1. The highest BCUT2D eigenvalue weighted by Gasteiger charge is 2.09. The average molecular weight is 382 g/mol. The summed E-state index contributed by atoms with van der Waals surface area (Å²) in [6.45, 7) is 2.41. The number of thiophene rings is 1. The smallest absolute Gasteiger partial charge is 0.251 e. The zero-order valence-corrected chi connectivity index (χ0v) is 16.0. The monoisotopic (exact) mass is 382 g/mol. The van der Waals surface area contributed by atoms with Crippen molar-refractivity contribution in [3.05, 3.63) is 68.1 Å². The van der Waals surface area contributed by atoms with Gasteiger partial charge in [-0.1, -0.05) is 17.7 Å². The molecule has 6 heteroatoms. The lowest BCUT2D eigenvalue weighted by Gasteiger charge is -2.06. The van der Waals surface area contributed by atoms with Gasteiger partial charge in [-0.3, -0.25) is 14.4 Å². The number of hydrogen-bond donors (Lipinski definition) is 2. The van der Waals surface area contributed by atoms with E-state index >= 15 is 0 Å². The van der Waals surface area contributed by atoms with Gasteiger partial charge in [-0.25, -0.2) is 0 Å². The maximum Gasteiger partial charge on any atom is 0.251 e. The number of nitrogens with one attached hydrogen (secondary N) is 2. The maximum atomic E-state index is 12.1. The van der Waals surface area contributed by atoms with Gasteiger partial charge in [0.1, 0.15) is 0 Å². The number of carbonyl (C=O) groups excluding carboxylic acids is 2. The minimum Gasteiger partial charge on any atom is -0.356 e. The molecule has 0 aliphatic heterocycles. The summed E-state index contributed by atoms with van der Waals surface area (Å²) in [5.74, 6) is -0.0159. The molecule has 2 N–H and O–H groups in total. The third-order valence-corrected chi connectivity index (χ3v) is 5.31. The summed E-state index contributed by atoms with van der Waals surface area (Å²) in [5, 5.41) is 5.69. The first kappa shape index (κ1) is 19.0. The predicted octanol–water partition coefficient (Wildman–Crippen LogP) is 3.61. The van der Waals surface area contributed by atoms with Gasteiger partial charge < -0.3 is 10.3 Å². The molecular formula is C21H22N2O3S. The van der Waals surface area contributed by atoms with Crippen molar-refractivity contribution in [2.45, 2.75) is 32.6 Å². The minimum absolute atomic E-state index is 0.0794. The SMILES string of the molecule is Cc1ccc2[nH]c(=O)c(CCNC(=O)CCCC(=O)c3cccs3)cc2c1. The fraction of sp³-hybridized carbons (Fsp3) is 0.286. The molecule has 0 bridgehead atoms. The van der Waals surface area contributed by atoms with Crippen molar-refractivity contribution in [1.82, 2.24) is 10.3 Å². The number of H-pyrrole nitrogens is 1. The Kier molecular flexibility index (Phi) is 6.19. The van der Waals surface area contributed by atoms with Crippen molar-refractivity contribution in [1.29, 1.82) is 0 Å². The van der Waals surface area contributed by atoms with Crippen LogP contribution in [0, 0.1) is 6.92 Å². The Balaban J connectivity index is 1.46. The van der Waals surface area contributed by atoms with E-state index in [4.69, 9.17) is 0 Å². The lowest BCUT2D eigenvalue weighted by molar-refractivity contribution is -0.121. The zero-order valence-electron chi connectivity index (χ0n) is 15.2. The Labute approximate surface area is 161 Å². The van der Waals surface area contributed by atoms with Crippen LogP contribution in [-0.2, 0) is 11.2 Å². The normalized spacial score (nSPS) is 10.9. The molecule has 140 valence electrons. The fourth-order valence-corrected chi connectivity index (χ4v) is 3.65. The highest BCUT2D eigenvalue weighted by atomic mass is 32.1. The second kappa shape index (κ2) is 8.77. The van der Waals surface area contributed by atoms with Crippen molar-refractivity contribution in [3.8, 4) is 0 Å². The van der Waals surface area contributed by atoms with E-state index in [1.807, 2.05) is 42.6 Å². The molecule has 0 saturated carbocycles. The minimum atomic E-state index is -0.123. The second-order valence-corrected chi connectivity index (χ2v) is 7.52. The van der Waals surface area contributed by atoms with Crippen molar-refractivity contribution in [2.75, 3.05) is 6.54 Å². The number of aromatic nitrogens is 1. The average Bonchev–Trinajstić information content (AvgIpc) is 3.17. The maximum absolute atomic E-state index is 12.1. The van der Waals surface area contributed by atoms with E-state index < -0.39 is 0 Å². The number of ketones is 1. The molecule has 3 aromatic rings.